The van der Waals surface area contributed by atoms with Gasteiger partial charge in [-0.3, -0.25) is 9.59 Å². The normalized spacial score (nSPS) is 18.0. The number of carbonyl (C=O) groups excluding carboxylic acids is 2. The molecule has 0 bridgehead atoms. The Kier molecular flexibility index (Phi) is 4.91. The van der Waals surface area contributed by atoms with Crippen LogP contribution >= 0.6 is 0 Å². The Morgan fingerprint density at radius 2 is 1.69 bits per heavy atom. The number of rotatable bonds is 6. The van der Waals surface area contributed by atoms with E-state index in [2.05, 4.69) is 0 Å². The molecule has 0 saturated heterocycles. The van der Waals surface area contributed by atoms with Gasteiger partial charge in [0.1, 0.15) is 0 Å². The van der Waals surface area contributed by atoms with Crippen molar-refractivity contribution >= 4 is 23.1 Å². The van der Waals surface area contributed by atoms with Gasteiger partial charge < -0.3 is 15.7 Å². The molecule has 0 radical (unpaired) electrons. The third kappa shape index (κ3) is 3.52. The van der Waals surface area contributed by atoms with Crippen LogP contribution in [0.2, 0.25) is 0 Å². The standard InChI is InChI=1S/C24H22N2O3/c25-19-10-6-9-18(15-19)22(27)16-24(29)20-11-4-5-12-21(20)26(23(24)28)14-13-17-7-2-1-3-8-17/h1-12,15,29H,13-14,16,25H2. The summed E-state index contributed by atoms with van der Waals surface area (Å²) in [6, 6.07) is 23.5. The third-order valence-corrected chi connectivity index (χ3v) is 5.33. The average Bonchev–Trinajstić information content (AvgIpc) is 2.94. The maximum absolute atomic E-state index is 13.2. The number of fused-ring (bicyclic) bond motifs is 1. The third-order valence-electron chi connectivity index (χ3n) is 5.33. The second kappa shape index (κ2) is 7.53. The molecule has 1 aliphatic rings. The molecule has 3 aromatic carbocycles. The first-order valence-electron chi connectivity index (χ1n) is 9.55. The lowest BCUT2D eigenvalue weighted by molar-refractivity contribution is -0.135. The predicted octanol–water partition coefficient (Wildman–Crippen LogP) is 3.32. The van der Waals surface area contributed by atoms with Crippen LogP contribution in [0.3, 0.4) is 0 Å². The molecular formula is C24H22N2O3. The molecule has 3 N–H and O–H groups in total. The Hall–Kier alpha value is -3.44. The van der Waals surface area contributed by atoms with Gasteiger partial charge in [-0.2, -0.15) is 0 Å². The van der Waals surface area contributed by atoms with E-state index < -0.39 is 11.5 Å². The Bertz CT molecular complexity index is 1060. The Balaban J connectivity index is 1.61. The van der Waals surface area contributed by atoms with Crippen molar-refractivity contribution in [3.8, 4) is 0 Å². The van der Waals surface area contributed by atoms with E-state index in [4.69, 9.17) is 5.73 Å². The van der Waals surface area contributed by atoms with Gasteiger partial charge in [0.2, 0.25) is 0 Å². The molecule has 1 atom stereocenters. The van der Waals surface area contributed by atoms with E-state index in [1.54, 1.807) is 47.4 Å². The lowest BCUT2D eigenvalue weighted by atomic mass is 9.88. The van der Waals surface area contributed by atoms with Crippen LogP contribution in [-0.4, -0.2) is 23.3 Å². The van der Waals surface area contributed by atoms with Gasteiger partial charge in [0, 0.05) is 23.4 Å². The summed E-state index contributed by atoms with van der Waals surface area (Å²) >= 11 is 0. The second-order valence-electron chi connectivity index (χ2n) is 7.30. The smallest absolute Gasteiger partial charge is 0.264 e. The summed E-state index contributed by atoms with van der Waals surface area (Å²) in [7, 11) is 0. The molecule has 4 rings (SSSR count). The summed E-state index contributed by atoms with van der Waals surface area (Å²) in [5.41, 5.74) is 6.95. The first-order chi connectivity index (χ1) is 14.0. The summed E-state index contributed by atoms with van der Waals surface area (Å²) in [6.07, 6.45) is 0.328. The molecule has 1 heterocycles. The van der Waals surface area contributed by atoms with Gasteiger partial charge in [-0.15, -0.1) is 0 Å². The van der Waals surface area contributed by atoms with Gasteiger partial charge >= 0.3 is 0 Å². The molecule has 0 aliphatic carbocycles. The number of benzene rings is 3. The summed E-state index contributed by atoms with van der Waals surface area (Å²) in [5, 5.41) is 11.3. The van der Waals surface area contributed by atoms with Crippen LogP contribution < -0.4 is 10.6 Å². The Morgan fingerprint density at radius 1 is 0.966 bits per heavy atom. The molecule has 0 spiro atoms. The maximum atomic E-state index is 13.2. The second-order valence-corrected chi connectivity index (χ2v) is 7.30. The number of anilines is 2. The van der Waals surface area contributed by atoms with E-state index in [9.17, 15) is 14.7 Å². The summed E-state index contributed by atoms with van der Waals surface area (Å²) in [6.45, 7) is 0.425. The van der Waals surface area contributed by atoms with E-state index in [1.807, 2.05) is 36.4 Å². The summed E-state index contributed by atoms with van der Waals surface area (Å²) in [4.78, 5) is 27.6. The summed E-state index contributed by atoms with van der Waals surface area (Å²) < 4.78 is 0. The fourth-order valence-corrected chi connectivity index (χ4v) is 3.83. The number of Topliss-reactive ketones (excluding diaryl/α,β-unsaturated/α-hetero) is 1. The minimum absolute atomic E-state index is 0.325. The van der Waals surface area contributed by atoms with E-state index in [1.165, 1.54) is 0 Å². The molecule has 3 aromatic rings. The van der Waals surface area contributed by atoms with Crippen molar-refractivity contribution in [3.63, 3.8) is 0 Å². The highest BCUT2D eigenvalue weighted by molar-refractivity contribution is 6.10. The quantitative estimate of drug-likeness (QED) is 0.503. The number of para-hydroxylation sites is 1. The molecular weight excluding hydrogens is 364 g/mol. The zero-order valence-electron chi connectivity index (χ0n) is 15.9. The number of hydrogen-bond donors (Lipinski definition) is 2. The van der Waals surface area contributed by atoms with Crippen molar-refractivity contribution in [2.75, 3.05) is 17.2 Å². The number of aliphatic hydroxyl groups is 1. The molecule has 1 unspecified atom stereocenters. The van der Waals surface area contributed by atoms with Crippen molar-refractivity contribution in [1.29, 1.82) is 0 Å². The Morgan fingerprint density at radius 3 is 2.45 bits per heavy atom. The number of nitrogens with zero attached hydrogens (tertiary/aromatic N) is 1. The van der Waals surface area contributed by atoms with Gasteiger partial charge in [0.25, 0.3) is 5.91 Å². The monoisotopic (exact) mass is 386 g/mol. The van der Waals surface area contributed by atoms with E-state index >= 15 is 0 Å². The highest BCUT2D eigenvalue weighted by Gasteiger charge is 2.50. The number of carbonyl (C=O) groups is 2. The van der Waals surface area contributed by atoms with Gasteiger partial charge in [0.15, 0.2) is 11.4 Å². The number of nitrogens with two attached hydrogens (primary N) is 1. The van der Waals surface area contributed by atoms with E-state index in [-0.39, 0.29) is 12.2 Å². The molecule has 0 aromatic heterocycles. The van der Waals surface area contributed by atoms with Crippen molar-refractivity contribution in [2.24, 2.45) is 0 Å². The molecule has 0 fully saturated rings. The SMILES string of the molecule is Nc1cccc(C(=O)CC2(O)C(=O)N(CCc3ccccc3)c3ccccc32)c1. The number of ketones is 1. The van der Waals surface area contributed by atoms with Gasteiger partial charge in [-0.1, -0.05) is 60.7 Å². The zero-order chi connectivity index (χ0) is 20.4. The minimum Gasteiger partial charge on any atom is -0.399 e. The van der Waals surface area contributed by atoms with Crippen LogP contribution in [0.25, 0.3) is 0 Å². The topological polar surface area (TPSA) is 83.6 Å². The zero-order valence-corrected chi connectivity index (χ0v) is 15.9. The highest BCUT2D eigenvalue weighted by atomic mass is 16.3. The van der Waals surface area contributed by atoms with E-state index in [0.717, 1.165) is 5.56 Å². The lowest BCUT2D eigenvalue weighted by Gasteiger charge is -2.23. The van der Waals surface area contributed by atoms with Crippen molar-refractivity contribution < 1.29 is 14.7 Å². The summed E-state index contributed by atoms with van der Waals surface area (Å²) in [5.74, 6) is -0.792. The van der Waals surface area contributed by atoms with Crippen LogP contribution in [0.1, 0.15) is 27.9 Å². The van der Waals surface area contributed by atoms with Crippen molar-refractivity contribution in [3.05, 3.63) is 95.6 Å². The molecule has 5 heteroatoms. The molecule has 1 aliphatic heterocycles. The largest absolute Gasteiger partial charge is 0.399 e. The average molecular weight is 386 g/mol. The fraction of sp³-hybridized carbons (Fsp3) is 0.167. The number of amides is 1. The molecule has 0 saturated carbocycles. The molecule has 29 heavy (non-hydrogen) atoms. The van der Waals surface area contributed by atoms with Crippen molar-refractivity contribution in [2.45, 2.75) is 18.4 Å². The minimum atomic E-state index is -1.88. The van der Waals surface area contributed by atoms with Crippen LogP contribution in [0.4, 0.5) is 11.4 Å². The van der Waals surface area contributed by atoms with Crippen LogP contribution in [-0.2, 0) is 16.8 Å². The maximum Gasteiger partial charge on any atom is 0.264 e. The van der Waals surface area contributed by atoms with Crippen molar-refractivity contribution in [1.82, 2.24) is 0 Å². The van der Waals surface area contributed by atoms with Gasteiger partial charge in [-0.05, 0) is 30.2 Å². The van der Waals surface area contributed by atoms with E-state index in [0.29, 0.717) is 35.5 Å². The van der Waals surface area contributed by atoms with Gasteiger partial charge in [-0.25, -0.2) is 0 Å². The molecule has 1 amide bonds. The Labute approximate surface area is 169 Å². The van der Waals surface area contributed by atoms with Crippen LogP contribution in [0.15, 0.2) is 78.9 Å². The number of hydrogen-bond acceptors (Lipinski definition) is 4. The van der Waals surface area contributed by atoms with Gasteiger partial charge in [0.05, 0.1) is 12.1 Å². The number of nitrogen functional groups attached to an aromatic ring is 1. The molecule has 5 nitrogen and oxygen atoms in total. The first-order valence-corrected chi connectivity index (χ1v) is 9.55. The predicted molar refractivity (Wildman–Crippen MR) is 113 cm³/mol. The van der Waals surface area contributed by atoms with Crippen LogP contribution in [0, 0.1) is 0 Å². The fourth-order valence-electron chi connectivity index (χ4n) is 3.83. The first kappa shape index (κ1) is 18.9. The lowest BCUT2D eigenvalue weighted by Crippen LogP contribution is -2.42. The highest BCUT2D eigenvalue weighted by Crippen LogP contribution is 2.42. The van der Waals surface area contributed by atoms with Crippen LogP contribution in [0.5, 0.6) is 0 Å². The molecule has 146 valence electrons.